The monoisotopic (exact) mass is 387 g/mol. The first-order valence-corrected chi connectivity index (χ1v) is 8.26. The second-order valence-electron chi connectivity index (χ2n) is 5.47. The first kappa shape index (κ1) is 21.4. The van der Waals surface area contributed by atoms with E-state index in [4.69, 9.17) is 10.8 Å². The molecule has 0 fully saturated rings. The zero-order chi connectivity index (χ0) is 19.7. The van der Waals surface area contributed by atoms with E-state index >= 15 is 0 Å². The summed E-state index contributed by atoms with van der Waals surface area (Å²) in [6.45, 7) is 0. The smallest absolute Gasteiger partial charge is 0.326 e. The van der Waals surface area contributed by atoms with Crippen molar-refractivity contribution in [1.29, 1.82) is 0 Å². The lowest BCUT2D eigenvalue weighted by atomic mass is 10.1. The number of carbonyl (C=O) groups is 4. The van der Waals surface area contributed by atoms with Gasteiger partial charge in [0.1, 0.15) is 18.1 Å². The number of nitrogens with two attached hydrogens (primary N) is 1. The molecule has 26 heavy (non-hydrogen) atoms. The maximum atomic E-state index is 12.2. The molecule has 0 bridgehead atoms. The van der Waals surface area contributed by atoms with Crippen LogP contribution in [0, 0.1) is 0 Å². The fourth-order valence-electron chi connectivity index (χ4n) is 1.96. The Labute approximate surface area is 154 Å². The van der Waals surface area contributed by atoms with E-state index in [0.717, 1.165) is 0 Å². The molecule has 2 amide bonds. The van der Waals surface area contributed by atoms with Crippen LogP contribution in [0.15, 0.2) is 12.5 Å². The van der Waals surface area contributed by atoms with Crippen LogP contribution in [0.25, 0.3) is 0 Å². The molecule has 11 nitrogen and oxygen atoms in total. The second kappa shape index (κ2) is 10.4. The summed E-state index contributed by atoms with van der Waals surface area (Å²) >= 11 is 3.98. The molecule has 1 aromatic rings. The van der Waals surface area contributed by atoms with Gasteiger partial charge in [0.25, 0.3) is 0 Å². The molecule has 12 heteroatoms. The van der Waals surface area contributed by atoms with E-state index in [1.165, 1.54) is 12.5 Å². The average molecular weight is 387 g/mol. The van der Waals surface area contributed by atoms with Crippen molar-refractivity contribution in [2.24, 2.45) is 5.73 Å². The summed E-state index contributed by atoms with van der Waals surface area (Å²) in [5.74, 6) is -3.85. The number of carboxylic acid groups (broad SMARTS) is 2. The van der Waals surface area contributed by atoms with Crippen molar-refractivity contribution in [2.45, 2.75) is 37.4 Å². The van der Waals surface area contributed by atoms with Crippen LogP contribution >= 0.6 is 12.6 Å². The van der Waals surface area contributed by atoms with Crippen molar-refractivity contribution in [2.75, 3.05) is 5.75 Å². The number of aromatic amines is 1. The minimum absolute atomic E-state index is 0.0121. The van der Waals surface area contributed by atoms with Crippen LogP contribution in [0.4, 0.5) is 0 Å². The molecule has 0 saturated carbocycles. The number of hydrogen-bond acceptors (Lipinski definition) is 7. The second-order valence-corrected chi connectivity index (χ2v) is 5.83. The zero-order valence-electron chi connectivity index (χ0n) is 13.7. The number of H-pyrrole nitrogens is 1. The summed E-state index contributed by atoms with van der Waals surface area (Å²) in [7, 11) is 0. The Morgan fingerprint density at radius 2 is 1.88 bits per heavy atom. The summed E-state index contributed by atoms with van der Waals surface area (Å²) in [6.07, 6.45) is 2.52. The minimum atomic E-state index is -1.25. The first-order valence-electron chi connectivity index (χ1n) is 7.63. The van der Waals surface area contributed by atoms with Crippen molar-refractivity contribution in [3.8, 4) is 0 Å². The normalized spacial score (nSPS) is 14.1. The van der Waals surface area contributed by atoms with Gasteiger partial charge in [0, 0.05) is 30.5 Å². The number of aliphatic carboxylic acids is 2. The van der Waals surface area contributed by atoms with Crippen molar-refractivity contribution in [3.63, 3.8) is 0 Å². The Bertz CT molecular complexity index is 638. The third-order valence-electron chi connectivity index (χ3n) is 3.43. The van der Waals surface area contributed by atoms with Crippen molar-refractivity contribution in [1.82, 2.24) is 20.6 Å². The number of rotatable bonds is 11. The lowest BCUT2D eigenvalue weighted by Gasteiger charge is -2.20. The van der Waals surface area contributed by atoms with Crippen LogP contribution in [0.3, 0.4) is 0 Å². The molecular weight excluding hydrogens is 366 g/mol. The van der Waals surface area contributed by atoms with Gasteiger partial charge in [0.2, 0.25) is 11.8 Å². The van der Waals surface area contributed by atoms with Crippen LogP contribution in [0.1, 0.15) is 18.5 Å². The maximum Gasteiger partial charge on any atom is 0.326 e. The summed E-state index contributed by atoms with van der Waals surface area (Å²) < 4.78 is 0. The Kier molecular flexibility index (Phi) is 8.58. The molecule has 7 N–H and O–H groups in total. The zero-order valence-corrected chi connectivity index (χ0v) is 14.6. The van der Waals surface area contributed by atoms with E-state index in [0.29, 0.717) is 5.69 Å². The molecule has 0 radical (unpaired) electrons. The maximum absolute atomic E-state index is 12.2. The largest absolute Gasteiger partial charge is 0.480 e. The highest BCUT2D eigenvalue weighted by atomic mass is 32.1. The van der Waals surface area contributed by atoms with Gasteiger partial charge in [-0.05, 0) is 6.42 Å². The highest BCUT2D eigenvalue weighted by Gasteiger charge is 2.26. The third-order valence-corrected chi connectivity index (χ3v) is 3.79. The van der Waals surface area contributed by atoms with Crippen molar-refractivity contribution < 1.29 is 29.4 Å². The molecule has 144 valence electrons. The fourth-order valence-corrected chi connectivity index (χ4v) is 2.22. The lowest BCUT2D eigenvalue weighted by molar-refractivity contribution is -0.142. The molecule has 0 unspecified atom stereocenters. The van der Waals surface area contributed by atoms with Gasteiger partial charge in [-0.1, -0.05) is 0 Å². The summed E-state index contributed by atoms with van der Waals surface area (Å²) in [6, 6.07) is -3.48. The van der Waals surface area contributed by atoms with Gasteiger partial charge >= 0.3 is 11.9 Å². The number of thiol groups is 1. The number of nitrogens with zero attached hydrogens (tertiary/aromatic N) is 1. The number of carbonyl (C=O) groups excluding carboxylic acids is 2. The van der Waals surface area contributed by atoms with Gasteiger partial charge in [-0.3, -0.25) is 14.4 Å². The quantitative estimate of drug-likeness (QED) is 0.215. The number of amides is 2. The van der Waals surface area contributed by atoms with Gasteiger partial charge in [-0.2, -0.15) is 12.6 Å². The molecule has 0 spiro atoms. The molecule has 1 aromatic heterocycles. The van der Waals surface area contributed by atoms with E-state index in [1.807, 2.05) is 0 Å². The van der Waals surface area contributed by atoms with E-state index in [-0.39, 0.29) is 25.0 Å². The first-order chi connectivity index (χ1) is 12.2. The fraction of sp³-hybridized carbons (Fsp3) is 0.500. The summed E-state index contributed by atoms with van der Waals surface area (Å²) in [5, 5.41) is 22.6. The Morgan fingerprint density at radius 3 is 2.38 bits per heavy atom. The topological polar surface area (TPSA) is 187 Å². The lowest BCUT2D eigenvalue weighted by Crippen LogP contribution is -2.53. The SMILES string of the molecule is N[C@@H](CCC(=O)N[C@@H](CS)C(=O)N[C@@H](Cc1cnc[nH]1)C(=O)O)C(=O)O. The number of imidazole rings is 1. The highest BCUT2D eigenvalue weighted by Crippen LogP contribution is 2.01. The number of aromatic nitrogens is 2. The van der Waals surface area contributed by atoms with E-state index in [1.54, 1.807) is 0 Å². The predicted molar refractivity (Wildman–Crippen MR) is 92.5 cm³/mol. The molecule has 1 heterocycles. The van der Waals surface area contributed by atoms with Gasteiger partial charge < -0.3 is 31.6 Å². The van der Waals surface area contributed by atoms with Gasteiger partial charge in [0.15, 0.2) is 0 Å². The molecular formula is C14H21N5O6S. The third kappa shape index (κ3) is 7.11. The molecule has 3 atom stereocenters. The van der Waals surface area contributed by atoms with Crippen molar-refractivity contribution >= 4 is 36.4 Å². The average Bonchev–Trinajstić information content (AvgIpc) is 3.09. The molecule has 0 aliphatic rings. The standard InChI is InChI=1S/C14H21N5O6S/c15-8(13(22)23)1-2-11(20)18-10(5-26)12(21)19-9(14(24)25)3-7-4-16-6-17-7/h4,6,8-10,26H,1-3,5,15H2,(H,16,17)(H,18,20)(H,19,21)(H,22,23)(H,24,25)/t8-,9-,10-/m0/s1. The molecule has 0 aromatic carbocycles. The molecule has 1 rings (SSSR count). The van der Waals surface area contributed by atoms with Gasteiger partial charge in [-0.25, -0.2) is 9.78 Å². The molecule has 0 aliphatic carbocycles. The number of carboxylic acids is 2. The number of nitrogens with one attached hydrogen (secondary N) is 3. The minimum Gasteiger partial charge on any atom is -0.480 e. The van der Waals surface area contributed by atoms with E-state index < -0.39 is 41.9 Å². The van der Waals surface area contributed by atoms with Gasteiger partial charge in [0.05, 0.1) is 6.33 Å². The summed E-state index contributed by atoms with van der Waals surface area (Å²) in [4.78, 5) is 52.5. The van der Waals surface area contributed by atoms with Crippen molar-refractivity contribution in [3.05, 3.63) is 18.2 Å². The van der Waals surface area contributed by atoms with Crippen LogP contribution in [0.5, 0.6) is 0 Å². The van der Waals surface area contributed by atoms with Crippen LogP contribution in [0.2, 0.25) is 0 Å². The molecule has 0 aliphatic heterocycles. The van der Waals surface area contributed by atoms with Gasteiger partial charge in [-0.15, -0.1) is 0 Å². The van der Waals surface area contributed by atoms with Crippen LogP contribution < -0.4 is 16.4 Å². The predicted octanol–water partition coefficient (Wildman–Crippen LogP) is -1.87. The molecule has 0 saturated heterocycles. The number of hydrogen-bond donors (Lipinski definition) is 7. The Balaban J connectivity index is 2.58. The summed E-state index contributed by atoms with van der Waals surface area (Å²) in [5.41, 5.74) is 5.82. The van der Waals surface area contributed by atoms with Crippen LogP contribution in [-0.2, 0) is 25.6 Å². The van der Waals surface area contributed by atoms with E-state index in [2.05, 4.69) is 33.2 Å². The Hall–Kier alpha value is -2.60. The highest BCUT2D eigenvalue weighted by molar-refractivity contribution is 7.80. The van der Waals surface area contributed by atoms with E-state index in [9.17, 15) is 24.3 Å². The van der Waals surface area contributed by atoms with Crippen LogP contribution in [-0.4, -0.2) is 67.8 Å². The Morgan fingerprint density at radius 1 is 1.19 bits per heavy atom.